The molecule has 2 aromatic rings. The fourth-order valence-corrected chi connectivity index (χ4v) is 3.58. The molecule has 4 rings (SSSR count). The lowest BCUT2D eigenvalue weighted by Crippen LogP contribution is -2.28. The minimum atomic E-state index is 0.173. The highest BCUT2D eigenvalue weighted by atomic mass is 16.2. The summed E-state index contributed by atoms with van der Waals surface area (Å²) >= 11 is 0. The number of aryl methyl sites for hydroxylation is 2. The quantitative estimate of drug-likeness (QED) is 0.919. The van der Waals surface area contributed by atoms with Crippen LogP contribution in [-0.4, -0.2) is 34.1 Å². The summed E-state index contributed by atoms with van der Waals surface area (Å²) in [6, 6.07) is 8.25. The van der Waals surface area contributed by atoms with Crippen LogP contribution in [0.3, 0.4) is 0 Å². The maximum Gasteiger partial charge on any atom is 0.253 e. The van der Waals surface area contributed by atoms with E-state index in [-0.39, 0.29) is 5.91 Å². The van der Waals surface area contributed by atoms with Crippen LogP contribution < -0.4 is 0 Å². The van der Waals surface area contributed by atoms with Crippen molar-refractivity contribution in [1.82, 2.24) is 15.1 Å². The topological polar surface area (TPSA) is 49.0 Å². The number of amides is 1. The number of hydrogen-bond donors (Lipinski definition) is 1. The molecule has 1 saturated heterocycles. The number of rotatable bonds is 2. The van der Waals surface area contributed by atoms with Crippen molar-refractivity contribution in [3.05, 3.63) is 52.8 Å². The number of benzene rings is 1. The maximum atomic E-state index is 12.7. The van der Waals surface area contributed by atoms with Crippen LogP contribution in [0.2, 0.25) is 0 Å². The second-order valence-corrected chi connectivity index (χ2v) is 6.09. The van der Waals surface area contributed by atoms with Gasteiger partial charge in [-0.15, -0.1) is 0 Å². The first-order chi connectivity index (χ1) is 10.3. The number of hydrogen-bond acceptors (Lipinski definition) is 2. The molecule has 2 heterocycles. The van der Waals surface area contributed by atoms with Crippen molar-refractivity contribution in [1.29, 1.82) is 0 Å². The average Bonchev–Trinajstić information content (AvgIpc) is 3.24. The van der Waals surface area contributed by atoms with Crippen LogP contribution in [0, 0.1) is 0 Å². The molecule has 1 amide bonds. The van der Waals surface area contributed by atoms with Crippen LogP contribution >= 0.6 is 0 Å². The smallest absolute Gasteiger partial charge is 0.253 e. The highest BCUT2D eigenvalue weighted by molar-refractivity contribution is 5.94. The third-order valence-electron chi connectivity index (χ3n) is 4.78. The number of likely N-dealkylation sites (tertiary alicyclic amines) is 1. The third kappa shape index (κ3) is 2.24. The van der Waals surface area contributed by atoms with Gasteiger partial charge in [0, 0.05) is 36.5 Å². The Bertz CT molecular complexity index is 663. The predicted octanol–water partition coefficient (Wildman–Crippen LogP) is 2.53. The van der Waals surface area contributed by atoms with Gasteiger partial charge in [0.2, 0.25) is 0 Å². The van der Waals surface area contributed by atoms with Gasteiger partial charge in [0.15, 0.2) is 0 Å². The van der Waals surface area contributed by atoms with Crippen LogP contribution in [0.15, 0.2) is 30.5 Å². The first-order valence-electron chi connectivity index (χ1n) is 7.71. The number of fused-ring (bicyclic) bond motifs is 1. The summed E-state index contributed by atoms with van der Waals surface area (Å²) in [5.41, 5.74) is 4.77. The Morgan fingerprint density at radius 1 is 1.24 bits per heavy atom. The van der Waals surface area contributed by atoms with E-state index in [9.17, 15) is 4.79 Å². The van der Waals surface area contributed by atoms with Gasteiger partial charge in [-0.25, -0.2) is 0 Å². The number of nitrogens with one attached hydrogen (secondary N) is 1. The van der Waals surface area contributed by atoms with E-state index in [1.807, 2.05) is 17.0 Å². The Labute approximate surface area is 124 Å². The maximum absolute atomic E-state index is 12.7. The molecule has 4 heteroatoms. The largest absolute Gasteiger partial charge is 0.338 e. The normalized spacial score (nSPS) is 20.8. The molecule has 1 aliphatic carbocycles. The van der Waals surface area contributed by atoms with Gasteiger partial charge in [-0.2, -0.15) is 5.10 Å². The minimum absolute atomic E-state index is 0.173. The van der Waals surface area contributed by atoms with Crippen molar-refractivity contribution in [3.8, 4) is 0 Å². The summed E-state index contributed by atoms with van der Waals surface area (Å²) in [5.74, 6) is 0.567. The van der Waals surface area contributed by atoms with Gasteiger partial charge >= 0.3 is 0 Å². The SMILES string of the molecule is O=C(c1ccc2c(c1)CCC2)N1CC[C@@H](c2ccn[nH]2)C1. The summed E-state index contributed by atoms with van der Waals surface area (Å²) in [4.78, 5) is 14.6. The van der Waals surface area contributed by atoms with Crippen molar-refractivity contribution >= 4 is 5.91 Å². The summed E-state index contributed by atoms with van der Waals surface area (Å²) in [5, 5.41) is 7.03. The van der Waals surface area contributed by atoms with Crippen molar-refractivity contribution in [2.45, 2.75) is 31.6 Å². The van der Waals surface area contributed by atoms with E-state index in [2.05, 4.69) is 22.3 Å². The molecule has 1 atom stereocenters. The van der Waals surface area contributed by atoms with E-state index in [0.717, 1.165) is 43.6 Å². The lowest BCUT2D eigenvalue weighted by molar-refractivity contribution is 0.0790. The zero-order valence-electron chi connectivity index (χ0n) is 12.0. The Kier molecular flexibility index (Phi) is 3.02. The molecule has 0 bridgehead atoms. The van der Waals surface area contributed by atoms with E-state index in [0.29, 0.717) is 5.92 Å². The molecule has 108 valence electrons. The number of carbonyl (C=O) groups excluding carboxylic acids is 1. The summed E-state index contributed by atoms with van der Waals surface area (Å²) in [6.07, 6.45) is 6.29. The number of aromatic nitrogens is 2. The lowest BCUT2D eigenvalue weighted by Gasteiger charge is -2.17. The van der Waals surface area contributed by atoms with Crippen molar-refractivity contribution in [2.75, 3.05) is 13.1 Å². The first kappa shape index (κ1) is 12.6. The van der Waals surface area contributed by atoms with Gasteiger partial charge in [-0.1, -0.05) is 6.07 Å². The molecule has 1 fully saturated rings. The van der Waals surface area contributed by atoms with E-state index in [1.54, 1.807) is 6.20 Å². The number of H-pyrrole nitrogens is 1. The van der Waals surface area contributed by atoms with E-state index < -0.39 is 0 Å². The number of nitrogens with zero attached hydrogens (tertiary/aromatic N) is 2. The van der Waals surface area contributed by atoms with Crippen molar-refractivity contribution in [3.63, 3.8) is 0 Å². The van der Waals surface area contributed by atoms with Crippen LogP contribution in [0.1, 0.15) is 45.9 Å². The molecule has 2 aliphatic rings. The Hall–Kier alpha value is -2.10. The Morgan fingerprint density at radius 3 is 3.00 bits per heavy atom. The molecule has 1 N–H and O–H groups in total. The fourth-order valence-electron chi connectivity index (χ4n) is 3.58. The molecule has 21 heavy (non-hydrogen) atoms. The van der Waals surface area contributed by atoms with E-state index in [4.69, 9.17) is 0 Å². The third-order valence-corrected chi connectivity index (χ3v) is 4.78. The van der Waals surface area contributed by atoms with Gasteiger partial charge in [0.05, 0.1) is 0 Å². The summed E-state index contributed by atoms with van der Waals surface area (Å²) < 4.78 is 0. The van der Waals surface area contributed by atoms with E-state index in [1.165, 1.54) is 17.5 Å². The zero-order chi connectivity index (χ0) is 14.2. The zero-order valence-corrected chi connectivity index (χ0v) is 12.0. The molecule has 0 saturated carbocycles. The molecule has 1 aromatic heterocycles. The van der Waals surface area contributed by atoms with Gasteiger partial charge < -0.3 is 4.90 Å². The minimum Gasteiger partial charge on any atom is -0.338 e. The van der Waals surface area contributed by atoms with Crippen LogP contribution in [0.5, 0.6) is 0 Å². The molecule has 0 unspecified atom stereocenters. The highest BCUT2D eigenvalue weighted by Gasteiger charge is 2.29. The lowest BCUT2D eigenvalue weighted by atomic mass is 10.0. The standard InChI is InChI=1S/C17H19N3O/c21-17(14-5-4-12-2-1-3-13(12)10-14)20-9-7-15(11-20)16-6-8-18-19-16/h4-6,8,10,15H,1-3,7,9,11H2,(H,18,19)/t15-/m1/s1. The van der Waals surface area contributed by atoms with Crippen LogP contribution in [-0.2, 0) is 12.8 Å². The highest BCUT2D eigenvalue weighted by Crippen LogP contribution is 2.28. The van der Waals surface area contributed by atoms with Crippen LogP contribution in [0.4, 0.5) is 0 Å². The van der Waals surface area contributed by atoms with Crippen LogP contribution in [0.25, 0.3) is 0 Å². The molecule has 1 aliphatic heterocycles. The van der Waals surface area contributed by atoms with Gasteiger partial charge in [0.1, 0.15) is 0 Å². The average molecular weight is 281 g/mol. The molecular weight excluding hydrogens is 262 g/mol. The number of carbonyl (C=O) groups is 1. The van der Waals surface area contributed by atoms with Crippen molar-refractivity contribution < 1.29 is 4.79 Å². The number of aromatic amines is 1. The van der Waals surface area contributed by atoms with Gasteiger partial charge in [-0.3, -0.25) is 9.89 Å². The summed E-state index contributed by atoms with van der Waals surface area (Å²) in [6.45, 7) is 1.62. The van der Waals surface area contributed by atoms with Gasteiger partial charge in [0.25, 0.3) is 5.91 Å². The fraction of sp³-hybridized carbons (Fsp3) is 0.412. The summed E-state index contributed by atoms with van der Waals surface area (Å²) in [7, 11) is 0. The molecular formula is C17H19N3O. The second kappa shape index (κ2) is 5.02. The molecule has 0 radical (unpaired) electrons. The predicted molar refractivity (Wildman–Crippen MR) is 80.3 cm³/mol. The molecule has 1 aromatic carbocycles. The van der Waals surface area contributed by atoms with Crippen molar-refractivity contribution in [2.24, 2.45) is 0 Å². The second-order valence-electron chi connectivity index (χ2n) is 6.09. The molecule has 0 spiro atoms. The monoisotopic (exact) mass is 281 g/mol. The Morgan fingerprint density at radius 2 is 2.14 bits per heavy atom. The molecule has 4 nitrogen and oxygen atoms in total. The van der Waals surface area contributed by atoms with E-state index >= 15 is 0 Å². The van der Waals surface area contributed by atoms with Gasteiger partial charge in [-0.05, 0) is 55.0 Å². The Balaban J connectivity index is 1.51. The first-order valence-corrected chi connectivity index (χ1v) is 7.71.